The third-order valence-corrected chi connectivity index (χ3v) is 8.68. The fourth-order valence-corrected chi connectivity index (χ4v) is 2.92. The van der Waals surface area contributed by atoms with Crippen LogP contribution in [0.4, 0.5) is 0 Å². The summed E-state index contributed by atoms with van der Waals surface area (Å²) in [6, 6.07) is 0. The van der Waals surface area contributed by atoms with E-state index in [-0.39, 0.29) is 0 Å². The normalized spacial score (nSPS) is 27.3. The van der Waals surface area contributed by atoms with Crippen LogP contribution in [0.1, 0.15) is 27.2 Å². The predicted molar refractivity (Wildman–Crippen MR) is 77.9 cm³/mol. The number of hydrogen-bond acceptors (Lipinski definition) is 1. The maximum atomic E-state index is 6.20. The van der Waals surface area contributed by atoms with Gasteiger partial charge in [0.1, 0.15) is 0 Å². The average Bonchev–Trinajstić information content (AvgIpc) is 2.79. The molecule has 0 spiro atoms. The molecule has 0 saturated heterocycles. The van der Waals surface area contributed by atoms with E-state index in [4.69, 9.17) is 4.43 Å². The molecule has 15 heavy (non-hydrogen) atoms. The van der Waals surface area contributed by atoms with Gasteiger partial charge in [0, 0.05) is 6.61 Å². The topological polar surface area (TPSA) is 9.23 Å². The van der Waals surface area contributed by atoms with Gasteiger partial charge in [-0.2, -0.15) is 0 Å². The molecule has 0 aliphatic heterocycles. The maximum Gasteiger partial charge on any atom is 0.191 e. The largest absolute Gasteiger partial charge is 0.417 e. The van der Waals surface area contributed by atoms with Crippen LogP contribution in [-0.4, -0.2) is 14.9 Å². The predicted octanol–water partition coefficient (Wildman–Crippen LogP) is 4.59. The molecular formula is C12H23IOSi. The lowest BCUT2D eigenvalue weighted by molar-refractivity contribution is 0.268. The van der Waals surface area contributed by atoms with E-state index in [1.165, 1.54) is 6.42 Å². The Kier molecular flexibility index (Phi) is 4.46. The van der Waals surface area contributed by atoms with Gasteiger partial charge in [0.05, 0.1) is 0 Å². The molecule has 0 amide bonds. The standard InChI is InChI=1S/C12H23IOSi/c1-12(2,3)15(4,5)14-9-11-8-10(11)6-7-13/h6-7,10-11H,8-9H2,1-5H3/b7-6+/t10-,11+/m0/s1. The van der Waals surface area contributed by atoms with Gasteiger partial charge in [-0.3, -0.25) is 0 Å². The molecule has 0 heterocycles. The molecule has 1 saturated carbocycles. The lowest BCUT2D eigenvalue weighted by Crippen LogP contribution is -2.41. The smallest absolute Gasteiger partial charge is 0.191 e. The summed E-state index contributed by atoms with van der Waals surface area (Å²) in [7, 11) is -1.51. The Hall–Kier alpha value is 0.647. The average molecular weight is 338 g/mol. The van der Waals surface area contributed by atoms with Crippen molar-refractivity contribution >= 4 is 30.9 Å². The molecule has 1 aliphatic carbocycles. The molecule has 0 N–H and O–H groups in total. The van der Waals surface area contributed by atoms with E-state index in [2.05, 4.69) is 66.6 Å². The van der Waals surface area contributed by atoms with Crippen molar-refractivity contribution in [1.82, 2.24) is 0 Å². The van der Waals surface area contributed by atoms with Crippen molar-refractivity contribution in [3.05, 3.63) is 10.2 Å². The molecule has 0 aromatic heterocycles. The zero-order chi connectivity index (χ0) is 11.7. The van der Waals surface area contributed by atoms with Gasteiger partial charge in [-0.1, -0.05) is 49.4 Å². The van der Waals surface area contributed by atoms with Crippen molar-refractivity contribution < 1.29 is 4.43 Å². The van der Waals surface area contributed by atoms with Gasteiger partial charge in [-0.15, -0.1) is 0 Å². The summed E-state index contributed by atoms with van der Waals surface area (Å²) in [4.78, 5) is 0. The summed E-state index contributed by atoms with van der Waals surface area (Å²) >= 11 is 2.30. The molecule has 0 aromatic rings. The highest BCUT2D eigenvalue weighted by Gasteiger charge is 2.41. The summed E-state index contributed by atoms with van der Waals surface area (Å²) in [5, 5.41) is 0.344. The van der Waals surface area contributed by atoms with Crippen molar-refractivity contribution in [2.24, 2.45) is 11.8 Å². The number of allylic oxidation sites excluding steroid dienone is 1. The van der Waals surface area contributed by atoms with Gasteiger partial charge in [-0.05, 0) is 40.5 Å². The Balaban J connectivity index is 2.33. The van der Waals surface area contributed by atoms with Crippen LogP contribution in [0.3, 0.4) is 0 Å². The quantitative estimate of drug-likeness (QED) is 0.538. The molecule has 0 aromatic carbocycles. The maximum absolute atomic E-state index is 6.20. The van der Waals surface area contributed by atoms with Crippen LogP contribution in [0.2, 0.25) is 18.1 Å². The summed E-state index contributed by atoms with van der Waals surface area (Å²) in [5.41, 5.74) is 0. The zero-order valence-corrected chi connectivity index (χ0v) is 13.7. The third kappa shape index (κ3) is 3.86. The fraction of sp³-hybridized carbons (Fsp3) is 0.833. The first-order chi connectivity index (χ1) is 6.78. The van der Waals surface area contributed by atoms with Crippen LogP contribution in [0, 0.1) is 11.8 Å². The molecule has 88 valence electrons. The minimum Gasteiger partial charge on any atom is -0.417 e. The molecule has 0 radical (unpaired) electrons. The van der Waals surface area contributed by atoms with Crippen molar-refractivity contribution in [1.29, 1.82) is 0 Å². The SMILES string of the molecule is CC(C)(C)[Si](C)(C)OC[C@H]1C[C@@H]1/C=C/I. The Morgan fingerprint density at radius 2 is 2.00 bits per heavy atom. The first-order valence-corrected chi connectivity index (χ1v) is 9.84. The van der Waals surface area contributed by atoms with Gasteiger partial charge in [-0.25, -0.2) is 0 Å². The minimum atomic E-state index is -1.51. The summed E-state index contributed by atoms with van der Waals surface area (Å²) in [6.45, 7) is 12.5. The summed E-state index contributed by atoms with van der Waals surface area (Å²) < 4.78 is 8.33. The van der Waals surface area contributed by atoms with E-state index in [0.717, 1.165) is 18.4 Å². The molecule has 1 aliphatic rings. The van der Waals surface area contributed by atoms with E-state index in [9.17, 15) is 0 Å². The van der Waals surface area contributed by atoms with Crippen LogP contribution in [0.25, 0.3) is 0 Å². The lowest BCUT2D eigenvalue weighted by atomic mass is 10.2. The Morgan fingerprint density at radius 3 is 2.47 bits per heavy atom. The molecule has 2 atom stereocenters. The monoisotopic (exact) mass is 338 g/mol. The second-order valence-electron chi connectivity index (χ2n) is 6.05. The number of halogens is 1. The summed E-state index contributed by atoms with van der Waals surface area (Å²) in [5.74, 6) is 1.59. The summed E-state index contributed by atoms with van der Waals surface area (Å²) in [6.07, 6.45) is 3.63. The van der Waals surface area contributed by atoms with Gasteiger partial charge < -0.3 is 4.43 Å². The Bertz CT molecular complexity index is 242. The molecular weight excluding hydrogens is 315 g/mol. The van der Waals surface area contributed by atoms with Crippen molar-refractivity contribution in [2.75, 3.05) is 6.61 Å². The highest BCUT2D eigenvalue weighted by molar-refractivity contribution is 14.1. The van der Waals surface area contributed by atoms with Gasteiger partial charge in [0.25, 0.3) is 0 Å². The van der Waals surface area contributed by atoms with Crippen LogP contribution in [0.15, 0.2) is 10.2 Å². The molecule has 1 fully saturated rings. The second-order valence-corrected chi connectivity index (χ2v) is 11.6. The van der Waals surface area contributed by atoms with E-state index >= 15 is 0 Å². The number of rotatable bonds is 4. The van der Waals surface area contributed by atoms with Gasteiger partial charge in [0.2, 0.25) is 0 Å². The molecule has 3 heteroatoms. The van der Waals surface area contributed by atoms with Crippen molar-refractivity contribution in [2.45, 2.75) is 45.3 Å². The Morgan fingerprint density at radius 1 is 1.40 bits per heavy atom. The van der Waals surface area contributed by atoms with Crippen molar-refractivity contribution in [3.8, 4) is 0 Å². The van der Waals surface area contributed by atoms with Crippen LogP contribution in [-0.2, 0) is 4.43 Å². The molecule has 0 bridgehead atoms. The van der Waals surface area contributed by atoms with Gasteiger partial charge >= 0.3 is 0 Å². The third-order valence-electron chi connectivity index (χ3n) is 3.76. The molecule has 1 nitrogen and oxygen atoms in total. The van der Waals surface area contributed by atoms with Crippen molar-refractivity contribution in [3.63, 3.8) is 0 Å². The van der Waals surface area contributed by atoms with Crippen LogP contribution >= 0.6 is 22.6 Å². The highest BCUT2D eigenvalue weighted by atomic mass is 127. The zero-order valence-electron chi connectivity index (χ0n) is 10.5. The first kappa shape index (κ1) is 13.7. The fourth-order valence-electron chi connectivity index (χ4n) is 1.32. The number of hydrogen-bond donors (Lipinski definition) is 0. The second kappa shape index (κ2) is 4.88. The van der Waals surface area contributed by atoms with Gasteiger partial charge in [0.15, 0.2) is 8.32 Å². The van der Waals surface area contributed by atoms with E-state index in [1.807, 2.05) is 0 Å². The molecule has 0 unspecified atom stereocenters. The van der Waals surface area contributed by atoms with E-state index < -0.39 is 8.32 Å². The first-order valence-electron chi connectivity index (χ1n) is 5.69. The van der Waals surface area contributed by atoms with Crippen LogP contribution < -0.4 is 0 Å². The highest BCUT2D eigenvalue weighted by Crippen LogP contribution is 2.43. The lowest BCUT2D eigenvalue weighted by Gasteiger charge is -2.36. The minimum absolute atomic E-state index is 0.344. The van der Waals surface area contributed by atoms with E-state index in [0.29, 0.717) is 5.04 Å². The molecule has 1 rings (SSSR count). The Labute approximate surface area is 109 Å². The van der Waals surface area contributed by atoms with E-state index in [1.54, 1.807) is 0 Å². The van der Waals surface area contributed by atoms with Crippen LogP contribution in [0.5, 0.6) is 0 Å².